The van der Waals surface area contributed by atoms with Crippen LogP contribution in [0, 0.1) is 0 Å². The van der Waals surface area contributed by atoms with E-state index in [1.54, 1.807) is 28.8 Å². The van der Waals surface area contributed by atoms with Gasteiger partial charge in [-0.1, -0.05) is 78.0 Å². The van der Waals surface area contributed by atoms with Gasteiger partial charge < -0.3 is 10.4 Å². The molecule has 156 valence electrons. The van der Waals surface area contributed by atoms with E-state index in [1.165, 1.54) is 11.8 Å². The van der Waals surface area contributed by atoms with Gasteiger partial charge in [0, 0.05) is 16.4 Å². The molecule has 4 rings (SSSR count). The molecule has 0 saturated carbocycles. The largest absolute Gasteiger partial charge is 0.380 e. The second kappa shape index (κ2) is 9.78. The van der Waals surface area contributed by atoms with E-state index in [1.807, 2.05) is 60.7 Å². The number of thioether (sulfide) groups is 1. The maximum Gasteiger partial charge on any atom is 0.234 e. The van der Waals surface area contributed by atoms with Crippen molar-refractivity contribution in [3.05, 3.63) is 101 Å². The highest BCUT2D eigenvalue weighted by Crippen LogP contribution is 2.28. The fourth-order valence-corrected chi connectivity index (χ4v) is 4.00. The molecule has 0 bridgehead atoms. The minimum absolute atomic E-state index is 0.124. The highest BCUT2D eigenvalue weighted by Gasteiger charge is 2.22. The summed E-state index contributed by atoms with van der Waals surface area (Å²) in [4.78, 5) is 12.4. The molecule has 0 fully saturated rings. The van der Waals surface area contributed by atoms with Crippen molar-refractivity contribution in [2.45, 2.75) is 11.3 Å². The number of hydrogen-bond donors (Lipinski definition) is 2. The number of amides is 1. The normalized spacial score (nSPS) is 11.8. The van der Waals surface area contributed by atoms with E-state index >= 15 is 0 Å². The quantitative estimate of drug-likeness (QED) is 0.398. The molecule has 1 aromatic heterocycles. The molecule has 0 aliphatic heterocycles. The van der Waals surface area contributed by atoms with Crippen molar-refractivity contribution in [3.8, 4) is 5.69 Å². The number of nitrogens with zero attached hydrogens (tertiary/aromatic N) is 3. The van der Waals surface area contributed by atoms with Gasteiger partial charge in [0.1, 0.15) is 6.10 Å². The van der Waals surface area contributed by atoms with E-state index in [-0.39, 0.29) is 11.7 Å². The average Bonchev–Trinajstić information content (AvgIpc) is 3.22. The Kier molecular flexibility index (Phi) is 6.66. The number of anilines is 1. The molecule has 0 aliphatic rings. The molecule has 4 aromatic rings. The van der Waals surface area contributed by atoms with E-state index in [0.29, 0.717) is 27.3 Å². The third kappa shape index (κ3) is 5.14. The number of carbonyl (C=O) groups excluding carboxylic acids is 1. The summed E-state index contributed by atoms with van der Waals surface area (Å²) in [5.41, 5.74) is 2.14. The number of aromatic nitrogens is 3. The minimum atomic E-state index is -0.955. The van der Waals surface area contributed by atoms with Crippen molar-refractivity contribution < 1.29 is 9.90 Å². The Balaban J connectivity index is 1.57. The maximum absolute atomic E-state index is 12.4. The molecule has 8 heteroatoms. The molecule has 1 amide bonds. The van der Waals surface area contributed by atoms with Crippen LogP contribution in [0.4, 0.5) is 5.69 Å². The first-order chi connectivity index (χ1) is 15.1. The van der Waals surface area contributed by atoms with Crippen LogP contribution < -0.4 is 5.32 Å². The van der Waals surface area contributed by atoms with Crippen LogP contribution in [-0.4, -0.2) is 31.5 Å². The Morgan fingerprint density at radius 2 is 1.71 bits per heavy atom. The summed E-state index contributed by atoms with van der Waals surface area (Å²) in [7, 11) is 0. The van der Waals surface area contributed by atoms with Gasteiger partial charge in [-0.15, -0.1) is 10.2 Å². The van der Waals surface area contributed by atoms with E-state index in [4.69, 9.17) is 11.6 Å². The summed E-state index contributed by atoms with van der Waals surface area (Å²) in [6.07, 6.45) is -0.955. The lowest BCUT2D eigenvalue weighted by atomic mass is 10.1. The lowest BCUT2D eigenvalue weighted by Gasteiger charge is -2.14. The molecule has 2 N–H and O–H groups in total. The Morgan fingerprint density at radius 3 is 2.42 bits per heavy atom. The molecule has 31 heavy (non-hydrogen) atoms. The SMILES string of the molecule is O=C(CSc1nnc([C@@H](O)c2ccccc2)n1-c1ccccc1)Nc1cccc(Cl)c1. The molecule has 1 atom stereocenters. The summed E-state index contributed by atoms with van der Waals surface area (Å²) in [6.45, 7) is 0. The maximum atomic E-state index is 12.4. The predicted molar refractivity (Wildman–Crippen MR) is 123 cm³/mol. The van der Waals surface area contributed by atoms with Crippen LogP contribution in [-0.2, 0) is 4.79 Å². The van der Waals surface area contributed by atoms with Crippen LogP contribution >= 0.6 is 23.4 Å². The summed E-state index contributed by atoms with van der Waals surface area (Å²) in [5, 5.41) is 23.3. The van der Waals surface area contributed by atoms with Crippen molar-refractivity contribution in [1.29, 1.82) is 0 Å². The molecule has 6 nitrogen and oxygen atoms in total. The third-order valence-corrected chi connectivity index (χ3v) is 5.64. The van der Waals surface area contributed by atoms with Crippen molar-refractivity contribution in [3.63, 3.8) is 0 Å². The summed E-state index contributed by atoms with van der Waals surface area (Å²) in [5.74, 6) is 0.314. The van der Waals surface area contributed by atoms with Gasteiger partial charge in [-0.05, 0) is 35.9 Å². The van der Waals surface area contributed by atoms with E-state index in [2.05, 4.69) is 15.5 Å². The van der Waals surface area contributed by atoms with Gasteiger partial charge in [-0.2, -0.15) is 0 Å². The molecule has 0 unspecified atom stereocenters. The van der Waals surface area contributed by atoms with Gasteiger partial charge >= 0.3 is 0 Å². The Bertz CT molecular complexity index is 1170. The van der Waals surface area contributed by atoms with Gasteiger partial charge in [0.25, 0.3) is 0 Å². The van der Waals surface area contributed by atoms with Crippen molar-refractivity contribution in [1.82, 2.24) is 14.8 Å². The number of aliphatic hydroxyl groups is 1. The van der Waals surface area contributed by atoms with Crippen LogP contribution in [0.3, 0.4) is 0 Å². The van der Waals surface area contributed by atoms with Crippen LogP contribution in [0.2, 0.25) is 5.02 Å². The third-order valence-electron chi connectivity index (χ3n) is 4.47. The Labute approximate surface area is 188 Å². The number of halogens is 1. The number of rotatable bonds is 7. The number of hydrogen-bond acceptors (Lipinski definition) is 5. The molecule has 0 saturated heterocycles. The lowest BCUT2D eigenvalue weighted by molar-refractivity contribution is -0.113. The zero-order chi connectivity index (χ0) is 21.6. The molecule has 0 aliphatic carbocycles. The summed E-state index contributed by atoms with van der Waals surface area (Å²) >= 11 is 7.21. The molecular weight excluding hydrogens is 432 g/mol. The molecule has 1 heterocycles. The van der Waals surface area contributed by atoms with E-state index in [0.717, 1.165) is 5.69 Å². The number of carbonyl (C=O) groups is 1. The Hall–Kier alpha value is -3.13. The summed E-state index contributed by atoms with van der Waals surface area (Å²) < 4.78 is 1.77. The first kappa shape index (κ1) is 21.1. The predicted octanol–water partition coefficient (Wildman–Crippen LogP) is 4.73. The van der Waals surface area contributed by atoms with Crippen LogP contribution in [0.5, 0.6) is 0 Å². The van der Waals surface area contributed by atoms with E-state index < -0.39 is 6.10 Å². The minimum Gasteiger partial charge on any atom is -0.380 e. The molecular formula is C23H19ClN4O2S. The van der Waals surface area contributed by atoms with Crippen LogP contribution in [0.1, 0.15) is 17.5 Å². The van der Waals surface area contributed by atoms with Gasteiger partial charge in [0.2, 0.25) is 5.91 Å². The zero-order valence-corrected chi connectivity index (χ0v) is 17.9. The highest BCUT2D eigenvalue weighted by atomic mass is 35.5. The fraction of sp³-hybridized carbons (Fsp3) is 0.0870. The topological polar surface area (TPSA) is 80.0 Å². The second-order valence-electron chi connectivity index (χ2n) is 6.67. The van der Waals surface area contributed by atoms with Gasteiger partial charge in [0.05, 0.1) is 5.75 Å². The molecule has 3 aromatic carbocycles. The van der Waals surface area contributed by atoms with Gasteiger partial charge in [-0.25, -0.2) is 0 Å². The standard InChI is InChI=1S/C23H19ClN4O2S/c24-17-10-7-11-18(14-17)25-20(29)15-31-23-27-26-22(21(30)16-8-3-1-4-9-16)28(23)19-12-5-2-6-13-19/h1-14,21,30H,15H2,(H,25,29)/t21-/m0/s1. The summed E-state index contributed by atoms with van der Waals surface area (Å²) in [6, 6.07) is 25.8. The van der Waals surface area contributed by atoms with E-state index in [9.17, 15) is 9.90 Å². The van der Waals surface area contributed by atoms with Gasteiger partial charge in [0.15, 0.2) is 11.0 Å². The lowest BCUT2D eigenvalue weighted by Crippen LogP contribution is -2.15. The zero-order valence-electron chi connectivity index (χ0n) is 16.4. The number of para-hydroxylation sites is 1. The Morgan fingerprint density at radius 1 is 1.00 bits per heavy atom. The van der Waals surface area contributed by atoms with Crippen molar-refractivity contribution in [2.75, 3.05) is 11.1 Å². The average molecular weight is 451 g/mol. The van der Waals surface area contributed by atoms with Crippen LogP contribution in [0.15, 0.2) is 90.1 Å². The number of nitrogens with one attached hydrogen (secondary N) is 1. The smallest absolute Gasteiger partial charge is 0.234 e. The van der Waals surface area contributed by atoms with Gasteiger partial charge in [-0.3, -0.25) is 9.36 Å². The van der Waals surface area contributed by atoms with Crippen LogP contribution in [0.25, 0.3) is 5.69 Å². The molecule has 0 radical (unpaired) electrons. The van der Waals surface area contributed by atoms with Crippen molar-refractivity contribution in [2.24, 2.45) is 0 Å². The number of benzene rings is 3. The first-order valence-corrected chi connectivity index (χ1v) is 10.9. The fourth-order valence-electron chi connectivity index (χ4n) is 3.05. The highest BCUT2D eigenvalue weighted by molar-refractivity contribution is 7.99. The second-order valence-corrected chi connectivity index (χ2v) is 8.05. The molecule has 0 spiro atoms. The number of aliphatic hydroxyl groups excluding tert-OH is 1. The van der Waals surface area contributed by atoms with Crippen molar-refractivity contribution >= 4 is 35.0 Å². The monoisotopic (exact) mass is 450 g/mol. The first-order valence-electron chi connectivity index (χ1n) is 9.54.